The van der Waals surface area contributed by atoms with Crippen molar-refractivity contribution in [1.29, 1.82) is 0 Å². The number of ether oxygens (including phenoxy) is 2. The summed E-state index contributed by atoms with van der Waals surface area (Å²) in [6.45, 7) is 1.59. The zero-order valence-corrected chi connectivity index (χ0v) is 13.2. The summed E-state index contributed by atoms with van der Waals surface area (Å²) in [5.74, 6) is 0.842. The summed E-state index contributed by atoms with van der Waals surface area (Å²) < 4.78 is 10.6. The molecule has 1 aromatic heterocycles. The van der Waals surface area contributed by atoms with Crippen molar-refractivity contribution in [1.82, 2.24) is 4.98 Å². The second-order valence-electron chi connectivity index (χ2n) is 5.11. The Balaban J connectivity index is 1.70. The van der Waals surface area contributed by atoms with E-state index in [0.717, 1.165) is 26.1 Å². The lowest BCUT2D eigenvalue weighted by molar-refractivity contribution is 0.0859. The van der Waals surface area contributed by atoms with Crippen LogP contribution in [0.1, 0.15) is 34.0 Å². The number of nitrogens with zero attached hydrogens (tertiary/aromatic N) is 1. The van der Waals surface area contributed by atoms with Crippen molar-refractivity contribution in [3.05, 3.63) is 40.9 Å². The number of hydrogen-bond acceptors (Lipinski definition) is 5. The molecule has 0 unspecified atom stereocenters. The monoisotopic (exact) mass is 318 g/mol. The molecule has 0 aliphatic carbocycles. The number of thiazole rings is 1. The predicted octanol–water partition coefficient (Wildman–Crippen LogP) is 3.30. The van der Waals surface area contributed by atoms with E-state index in [2.05, 4.69) is 10.3 Å². The average molecular weight is 318 g/mol. The summed E-state index contributed by atoms with van der Waals surface area (Å²) in [5, 5.41) is 3.47. The van der Waals surface area contributed by atoms with E-state index in [-0.39, 0.29) is 5.91 Å². The van der Waals surface area contributed by atoms with Gasteiger partial charge < -0.3 is 9.47 Å². The van der Waals surface area contributed by atoms with Gasteiger partial charge in [-0.1, -0.05) is 12.1 Å². The van der Waals surface area contributed by atoms with Crippen molar-refractivity contribution >= 4 is 22.4 Å². The van der Waals surface area contributed by atoms with Gasteiger partial charge in [-0.25, -0.2) is 4.98 Å². The van der Waals surface area contributed by atoms with Crippen LogP contribution in [-0.4, -0.2) is 31.2 Å². The van der Waals surface area contributed by atoms with Crippen molar-refractivity contribution in [3.63, 3.8) is 0 Å². The SMILES string of the molecule is COc1ccccc1C(=O)Nc1ncc(C2CCOCC2)s1. The van der Waals surface area contributed by atoms with Gasteiger partial charge in [-0.3, -0.25) is 10.1 Å². The fourth-order valence-corrected chi connectivity index (χ4v) is 3.49. The van der Waals surface area contributed by atoms with Crippen LogP contribution in [0.3, 0.4) is 0 Å². The molecule has 5 nitrogen and oxygen atoms in total. The van der Waals surface area contributed by atoms with Gasteiger partial charge in [-0.2, -0.15) is 0 Å². The van der Waals surface area contributed by atoms with Gasteiger partial charge in [0.15, 0.2) is 5.13 Å². The van der Waals surface area contributed by atoms with Crippen LogP contribution in [0, 0.1) is 0 Å². The van der Waals surface area contributed by atoms with E-state index in [1.54, 1.807) is 19.2 Å². The van der Waals surface area contributed by atoms with Gasteiger partial charge in [-0.15, -0.1) is 11.3 Å². The summed E-state index contributed by atoms with van der Waals surface area (Å²) in [7, 11) is 1.55. The Labute approximate surface area is 133 Å². The molecule has 22 heavy (non-hydrogen) atoms. The molecule has 1 amide bonds. The highest BCUT2D eigenvalue weighted by Crippen LogP contribution is 2.33. The quantitative estimate of drug-likeness (QED) is 0.939. The number of aromatic nitrogens is 1. The van der Waals surface area contributed by atoms with Gasteiger partial charge in [-0.05, 0) is 30.9 Å². The smallest absolute Gasteiger partial charge is 0.261 e. The number of rotatable bonds is 4. The molecule has 0 spiro atoms. The van der Waals surface area contributed by atoms with Gasteiger partial charge in [0.1, 0.15) is 5.75 Å². The number of methoxy groups -OCH3 is 1. The Bertz CT molecular complexity index is 650. The minimum absolute atomic E-state index is 0.203. The number of carbonyl (C=O) groups excluding carboxylic acids is 1. The molecule has 0 saturated carbocycles. The summed E-state index contributed by atoms with van der Waals surface area (Å²) in [6.07, 6.45) is 3.89. The molecule has 6 heteroatoms. The van der Waals surface area contributed by atoms with E-state index in [4.69, 9.17) is 9.47 Å². The second-order valence-corrected chi connectivity index (χ2v) is 6.17. The molecular weight excluding hydrogens is 300 g/mol. The Hall–Kier alpha value is -1.92. The van der Waals surface area contributed by atoms with Crippen LogP contribution in [0.25, 0.3) is 0 Å². The molecule has 1 aliphatic heterocycles. The van der Waals surface area contributed by atoms with Crippen LogP contribution in [0.5, 0.6) is 5.75 Å². The average Bonchev–Trinajstić information content (AvgIpc) is 3.04. The minimum atomic E-state index is -0.203. The van der Waals surface area contributed by atoms with Gasteiger partial charge >= 0.3 is 0 Å². The first-order valence-electron chi connectivity index (χ1n) is 7.26. The lowest BCUT2D eigenvalue weighted by Crippen LogP contribution is -2.13. The zero-order chi connectivity index (χ0) is 15.4. The van der Waals surface area contributed by atoms with Gasteiger partial charge in [0.2, 0.25) is 0 Å². The third-order valence-corrected chi connectivity index (χ3v) is 4.79. The van der Waals surface area contributed by atoms with E-state index in [1.807, 2.05) is 18.3 Å². The first-order chi connectivity index (χ1) is 10.8. The van der Waals surface area contributed by atoms with E-state index in [1.165, 1.54) is 16.2 Å². The highest BCUT2D eigenvalue weighted by Gasteiger charge is 2.19. The normalized spacial score (nSPS) is 15.5. The van der Waals surface area contributed by atoms with Crippen LogP contribution in [0.15, 0.2) is 30.5 Å². The highest BCUT2D eigenvalue weighted by molar-refractivity contribution is 7.15. The molecule has 1 saturated heterocycles. The fraction of sp³-hybridized carbons (Fsp3) is 0.375. The van der Waals surface area contributed by atoms with Crippen LogP contribution in [0.4, 0.5) is 5.13 Å². The number of para-hydroxylation sites is 1. The van der Waals surface area contributed by atoms with Gasteiger partial charge in [0.25, 0.3) is 5.91 Å². The molecule has 1 N–H and O–H groups in total. The lowest BCUT2D eigenvalue weighted by Gasteiger charge is -2.20. The Kier molecular flexibility index (Phi) is 4.70. The molecule has 116 valence electrons. The second kappa shape index (κ2) is 6.89. The maximum absolute atomic E-state index is 12.3. The molecule has 0 bridgehead atoms. The number of hydrogen-bond donors (Lipinski definition) is 1. The molecule has 1 aliphatic rings. The molecule has 1 aromatic carbocycles. The molecule has 1 fully saturated rings. The van der Waals surface area contributed by atoms with Crippen molar-refractivity contribution in [3.8, 4) is 5.75 Å². The molecule has 0 radical (unpaired) electrons. The maximum atomic E-state index is 12.3. The van der Waals surface area contributed by atoms with Crippen molar-refractivity contribution in [2.45, 2.75) is 18.8 Å². The van der Waals surface area contributed by atoms with Crippen LogP contribution < -0.4 is 10.1 Å². The van der Waals surface area contributed by atoms with Crippen LogP contribution in [-0.2, 0) is 4.74 Å². The van der Waals surface area contributed by atoms with Gasteiger partial charge in [0.05, 0.1) is 12.7 Å². The maximum Gasteiger partial charge on any atom is 0.261 e. The zero-order valence-electron chi connectivity index (χ0n) is 12.4. The van der Waals surface area contributed by atoms with Gasteiger partial charge in [0, 0.05) is 24.3 Å². The van der Waals surface area contributed by atoms with E-state index < -0.39 is 0 Å². The Morgan fingerprint density at radius 1 is 1.36 bits per heavy atom. The first-order valence-corrected chi connectivity index (χ1v) is 8.07. The van der Waals surface area contributed by atoms with Crippen LogP contribution >= 0.6 is 11.3 Å². The predicted molar refractivity (Wildman–Crippen MR) is 85.9 cm³/mol. The van der Waals surface area contributed by atoms with Crippen LogP contribution in [0.2, 0.25) is 0 Å². The number of amides is 1. The van der Waals surface area contributed by atoms with Crippen molar-refractivity contribution in [2.75, 3.05) is 25.6 Å². The van der Waals surface area contributed by atoms with E-state index in [0.29, 0.717) is 22.4 Å². The number of nitrogens with one attached hydrogen (secondary N) is 1. The number of carbonyl (C=O) groups is 1. The highest BCUT2D eigenvalue weighted by atomic mass is 32.1. The Morgan fingerprint density at radius 3 is 2.91 bits per heavy atom. The number of anilines is 1. The summed E-state index contributed by atoms with van der Waals surface area (Å²) >= 11 is 1.54. The molecular formula is C16H18N2O3S. The molecule has 2 aromatic rings. The molecule has 3 rings (SSSR count). The van der Waals surface area contributed by atoms with Crippen molar-refractivity contribution < 1.29 is 14.3 Å². The largest absolute Gasteiger partial charge is 0.496 e. The summed E-state index contributed by atoms with van der Waals surface area (Å²) in [6, 6.07) is 7.15. The minimum Gasteiger partial charge on any atom is -0.496 e. The van der Waals surface area contributed by atoms with Crippen molar-refractivity contribution in [2.24, 2.45) is 0 Å². The number of benzene rings is 1. The summed E-state index contributed by atoms with van der Waals surface area (Å²) in [5.41, 5.74) is 0.507. The third-order valence-electron chi connectivity index (χ3n) is 3.72. The summed E-state index contributed by atoms with van der Waals surface area (Å²) in [4.78, 5) is 17.9. The molecule has 0 atom stereocenters. The Morgan fingerprint density at radius 2 is 2.14 bits per heavy atom. The lowest BCUT2D eigenvalue weighted by atomic mass is 9.99. The van der Waals surface area contributed by atoms with E-state index in [9.17, 15) is 4.79 Å². The fourth-order valence-electron chi connectivity index (χ4n) is 2.51. The van der Waals surface area contributed by atoms with E-state index >= 15 is 0 Å². The standard InChI is InChI=1S/C16H18N2O3S/c1-20-13-5-3-2-4-12(13)15(19)18-16-17-10-14(22-16)11-6-8-21-9-7-11/h2-5,10-11H,6-9H2,1H3,(H,17,18,19). The topological polar surface area (TPSA) is 60.5 Å². The molecule has 2 heterocycles. The first kappa shape index (κ1) is 15.0. The third kappa shape index (κ3) is 3.28.